The molecule has 1 fully saturated rings. The van der Waals surface area contributed by atoms with Gasteiger partial charge in [-0.3, -0.25) is 9.69 Å². The van der Waals surface area contributed by atoms with Gasteiger partial charge in [0.2, 0.25) is 17.6 Å². The maximum Gasteiger partial charge on any atom is 0.241 e. The lowest BCUT2D eigenvalue weighted by Gasteiger charge is -2.29. The zero-order chi connectivity index (χ0) is 16.2. The zero-order valence-electron chi connectivity index (χ0n) is 13.0. The third kappa shape index (κ3) is 3.89. The van der Waals surface area contributed by atoms with Crippen molar-refractivity contribution in [3.8, 4) is 11.4 Å². The van der Waals surface area contributed by atoms with Gasteiger partial charge < -0.3 is 9.84 Å². The Labute approximate surface area is 139 Å². The average molecular weight is 335 g/mol. The molecule has 2 heterocycles. The van der Waals surface area contributed by atoms with E-state index in [1.807, 2.05) is 12.1 Å². The molecule has 23 heavy (non-hydrogen) atoms. The van der Waals surface area contributed by atoms with Gasteiger partial charge in [-0.15, -0.1) is 0 Å². The molecule has 1 amide bonds. The molecule has 1 aliphatic rings. The molecule has 1 aromatic carbocycles. The van der Waals surface area contributed by atoms with Gasteiger partial charge in [0.15, 0.2) is 0 Å². The number of carbonyl (C=O) groups is 1. The molecular weight excluding hydrogens is 316 g/mol. The summed E-state index contributed by atoms with van der Waals surface area (Å²) >= 11 is 5.88. The number of amides is 1. The molecule has 0 aliphatic carbocycles. The largest absolute Gasteiger partial charge is 0.359 e. The number of aromatic nitrogens is 2. The maximum atomic E-state index is 11.6. The Morgan fingerprint density at radius 3 is 2.70 bits per heavy atom. The first-order valence-electron chi connectivity index (χ1n) is 7.68. The van der Waals surface area contributed by atoms with Gasteiger partial charge >= 0.3 is 0 Å². The SMILES string of the molecule is CNC(=O)C1CCN(Cc2nc(-c3ccc(Cl)cc3)no2)CC1. The predicted octanol–water partition coefficient (Wildman–Crippen LogP) is 2.35. The van der Waals surface area contributed by atoms with Crippen LogP contribution in [0.15, 0.2) is 28.8 Å². The fourth-order valence-corrected chi connectivity index (χ4v) is 2.91. The molecule has 3 rings (SSSR count). The minimum Gasteiger partial charge on any atom is -0.359 e. The lowest BCUT2D eigenvalue weighted by molar-refractivity contribution is -0.125. The molecule has 0 atom stereocenters. The van der Waals surface area contributed by atoms with Crippen molar-refractivity contribution >= 4 is 17.5 Å². The van der Waals surface area contributed by atoms with Crippen LogP contribution in [0, 0.1) is 5.92 Å². The number of nitrogens with zero attached hydrogens (tertiary/aromatic N) is 3. The van der Waals surface area contributed by atoms with E-state index in [0.29, 0.717) is 23.3 Å². The number of benzene rings is 1. The molecule has 0 unspecified atom stereocenters. The van der Waals surface area contributed by atoms with E-state index < -0.39 is 0 Å². The Bertz CT molecular complexity index is 663. The highest BCUT2D eigenvalue weighted by Gasteiger charge is 2.25. The first kappa shape index (κ1) is 16.0. The van der Waals surface area contributed by atoms with Gasteiger partial charge in [-0.05, 0) is 50.2 Å². The molecule has 6 nitrogen and oxygen atoms in total. The van der Waals surface area contributed by atoms with Crippen LogP contribution in [0.5, 0.6) is 0 Å². The van der Waals surface area contributed by atoms with Crippen LogP contribution in [0.3, 0.4) is 0 Å². The third-order valence-electron chi connectivity index (χ3n) is 4.13. The first-order chi connectivity index (χ1) is 11.2. The van der Waals surface area contributed by atoms with Crippen LogP contribution >= 0.6 is 11.6 Å². The minimum atomic E-state index is 0.114. The van der Waals surface area contributed by atoms with Crippen LogP contribution in [0.2, 0.25) is 5.02 Å². The Kier molecular flexibility index (Phi) is 4.93. The van der Waals surface area contributed by atoms with Crippen molar-refractivity contribution in [1.29, 1.82) is 0 Å². The lowest BCUT2D eigenvalue weighted by Crippen LogP contribution is -2.39. The van der Waals surface area contributed by atoms with Crippen molar-refractivity contribution in [1.82, 2.24) is 20.4 Å². The van der Waals surface area contributed by atoms with Crippen molar-refractivity contribution in [2.45, 2.75) is 19.4 Å². The molecule has 1 aromatic heterocycles. The van der Waals surface area contributed by atoms with Gasteiger partial charge in [0.25, 0.3) is 0 Å². The first-order valence-corrected chi connectivity index (χ1v) is 8.06. The summed E-state index contributed by atoms with van der Waals surface area (Å²) in [4.78, 5) is 18.3. The van der Waals surface area contributed by atoms with Crippen molar-refractivity contribution < 1.29 is 9.32 Å². The fraction of sp³-hybridized carbons (Fsp3) is 0.438. The normalized spacial score (nSPS) is 16.4. The van der Waals surface area contributed by atoms with Gasteiger partial charge in [-0.1, -0.05) is 16.8 Å². The predicted molar refractivity (Wildman–Crippen MR) is 86.8 cm³/mol. The maximum absolute atomic E-state index is 11.6. The molecule has 7 heteroatoms. The van der Waals surface area contributed by atoms with Crippen molar-refractivity contribution in [2.24, 2.45) is 5.92 Å². The van der Waals surface area contributed by atoms with Crippen LogP contribution in [0.4, 0.5) is 0 Å². The molecule has 0 saturated carbocycles. The van der Waals surface area contributed by atoms with Gasteiger partial charge in [-0.2, -0.15) is 4.98 Å². The topological polar surface area (TPSA) is 71.3 Å². The molecule has 0 bridgehead atoms. The van der Waals surface area contributed by atoms with Gasteiger partial charge in [0.1, 0.15) is 0 Å². The van der Waals surface area contributed by atoms with E-state index in [1.54, 1.807) is 19.2 Å². The number of rotatable bonds is 4. The van der Waals surface area contributed by atoms with Crippen molar-refractivity contribution in [3.05, 3.63) is 35.2 Å². The van der Waals surface area contributed by atoms with Gasteiger partial charge in [-0.25, -0.2) is 0 Å². The number of hydrogen-bond donors (Lipinski definition) is 1. The number of carbonyl (C=O) groups excluding carboxylic acids is 1. The van der Waals surface area contributed by atoms with Crippen molar-refractivity contribution in [2.75, 3.05) is 20.1 Å². The second kappa shape index (κ2) is 7.10. The summed E-state index contributed by atoms with van der Waals surface area (Å²) in [6.45, 7) is 2.33. The highest BCUT2D eigenvalue weighted by molar-refractivity contribution is 6.30. The van der Waals surface area contributed by atoms with Crippen LogP contribution < -0.4 is 5.32 Å². The average Bonchev–Trinajstić information content (AvgIpc) is 3.04. The molecule has 1 saturated heterocycles. The summed E-state index contributed by atoms with van der Waals surface area (Å²) < 4.78 is 5.33. The number of likely N-dealkylation sites (tertiary alicyclic amines) is 1. The Morgan fingerprint density at radius 2 is 2.04 bits per heavy atom. The second-order valence-electron chi connectivity index (χ2n) is 5.68. The van der Waals surface area contributed by atoms with E-state index in [4.69, 9.17) is 16.1 Å². The summed E-state index contributed by atoms with van der Waals surface area (Å²) in [5.41, 5.74) is 0.878. The molecule has 0 spiro atoms. The van der Waals surface area contributed by atoms with Gasteiger partial charge in [0, 0.05) is 23.6 Å². The Hall–Kier alpha value is -1.92. The number of piperidine rings is 1. The fourth-order valence-electron chi connectivity index (χ4n) is 2.78. The van der Waals surface area contributed by atoms with E-state index in [-0.39, 0.29) is 11.8 Å². The zero-order valence-corrected chi connectivity index (χ0v) is 13.7. The summed E-state index contributed by atoms with van der Waals surface area (Å²) in [6, 6.07) is 7.34. The monoisotopic (exact) mass is 334 g/mol. The van der Waals surface area contributed by atoms with E-state index in [2.05, 4.69) is 20.4 Å². The summed E-state index contributed by atoms with van der Waals surface area (Å²) in [5, 5.41) is 7.41. The molecule has 1 N–H and O–H groups in total. The minimum absolute atomic E-state index is 0.114. The molecule has 1 aliphatic heterocycles. The summed E-state index contributed by atoms with van der Waals surface area (Å²) in [6.07, 6.45) is 1.72. The molecular formula is C16H19ClN4O2. The lowest BCUT2D eigenvalue weighted by atomic mass is 9.96. The highest BCUT2D eigenvalue weighted by Crippen LogP contribution is 2.21. The van der Waals surface area contributed by atoms with E-state index in [1.165, 1.54) is 0 Å². The second-order valence-corrected chi connectivity index (χ2v) is 6.12. The number of hydrogen-bond acceptors (Lipinski definition) is 5. The third-order valence-corrected chi connectivity index (χ3v) is 4.39. The molecule has 122 valence electrons. The molecule has 0 radical (unpaired) electrons. The van der Waals surface area contributed by atoms with Gasteiger partial charge in [0.05, 0.1) is 6.54 Å². The number of halogens is 1. The molecule has 2 aromatic rings. The van der Waals surface area contributed by atoms with E-state index in [9.17, 15) is 4.79 Å². The smallest absolute Gasteiger partial charge is 0.241 e. The Morgan fingerprint density at radius 1 is 1.35 bits per heavy atom. The Balaban J connectivity index is 1.58. The van der Waals surface area contributed by atoms with Crippen molar-refractivity contribution in [3.63, 3.8) is 0 Å². The highest BCUT2D eigenvalue weighted by atomic mass is 35.5. The van der Waals surface area contributed by atoms with E-state index >= 15 is 0 Å². The van der Waals surface area contributed by atoms with Crippen LogP contribution in [0.1, 0.15) is 18.7 Å². The standard InChI is InChI=1S/C16H19ClN4O2/c1-18-16(22)12-6-8-21(9-7-12)10-14-19-15(20-23-14)11-2-4-13(17)5-3-11/h2-5,12H,6-10H2,1H3,(H,18,22). The quantitative estimate of drug-likeness (QED) is 0.929. The number of nitrogens with one attached hydrogen (secondary N) is 1. The summed E-state index contributed by atoms with van der Waals surface area (Å²) in [5.74, 6) is 1.40. The van der Waals surface area contributed by atoms with Crippen LogP contribution in [-0.2, 0) is 11.3 Å². The summed E-state index contributed by atoms with van der Waals surface area (Å²) in [7, 11) is 1.69. The van der Waals surface area contributed by atoms with Crippen LogP contribution in [-0.4, -0.2) is 41.1 Å². The van der Waals surface area contributed by atoms with Crippen LogP contribution in [0.25, 0.3) is 11.4 Å². The van der Waals surface area contributed by atoms with E-state index in [0.717, 1.165) is 31.5 Å².